The van der Waals surface area contributed by atoms with Gasteiger partial charge in [-0.1, -0.05) is 26.0 Å². The third-order valence-corrected chi connectivity index (χ3v) is 6.30. The molecule has 1 aliphatic carbocycles. The van der Waals surface area contributed by atoms with E-state index >= 15 is 0 Å². The first kappa shape index (κ1) is 23.7. The minimum Gasteiger partial charge on any atom is -0.493 e. The van der Waals surface area contributed by atoms with Gasteiger partial charge in [0.2, 0.25) is 0 Å². The lowest BCUT2D eigenvalue weighted by molar-refractivity contribution is 0.00752. The summed E-state index contributed by atoms with van der Waals surface area (Å²) in [5.41, 5.74) is 1.09. The van der Waals surface area contributed by atoms with E-state index in [1.165, 1.54) is 12.8 Å². The summed E-state index contributed by atoms with van der Waals surface area (Å²) in [7, 11) is 3.52. The molecule has 1 aromatic carbocycles. The average molecular weight is 433 g/mol. The van der Waals surface area contributed by atoms with E-state index in [0.29, 0.717) is 18.5 Å². The van der Waals surface area contributed by atoms with Crippen molar-refractivity contribution in [2.24, 2.45) is 10.9 Å². The molecule has 0 bridgehead atoms. The molecule has 2 N–H and O–H groups in total. The predicted octanol–water partition coefficient (Wildman–Crippen LogP) is 3.04. The van der Waals surface area contributed by atoms with Crippen LogP contribution in [0.1, 0.15) is 45.1 Å². The van der Waals surface area contributed by atoms with Crippen molar-refractivity contribution in [2.45, 2.75) is 58.2 Å². The molecule has 0 aromatic heterocycles. The molecule has 0 amide bonds. The van der Waals surface area contributed by atoms with Gasteiger partial charge < -0.3 is 24.8 Å². The summed E-state index contributed by atoms with van der Waals surface area (Å²) in [6, 6.07) is 6.52. The molecule has 1 saturated heterocycles. The summed E-state index contributed by atoms with van der Waals surface area (Å²) in [6.45, 7) is 9.64. The fourth-order valence-electron chi connectivity index (χ4n) is 4.46. The number of nitrogens with one attached hydrogen (secondary N) is 2. The molecule has 1 atom stereocenters. The zero-order valence-corrected chi connectivity index (χ0v) is 19.7. The molecule has 7 nitrogen and oxygen atoms in total. The Morgan fingerprint density at radius 1 is 1.19 bits per heavy atom. The first-order chi connectivity index (χ1) is 15.1. The Morgan fingerprint density at radius 2 is 1.94 bits per heavy atom. The third kappa shape index (κ3) is 6.74. The second-order valence-corrected chi connectivity index (χ2v) is 8.74. The summed E-state index contributed by atoms with van der Waals surface area (Å²) in [5.74, 6) is 3.00. The number of ether oxygens (including phenoxy) is 3. The molecule has 1 aromatic rings. The summed E-state index contributed by atoms with van der Waals surface area (Å²) >= 11 is 0. The molecular weight excluding hydrogens is 392 g/mol. The fourth-order valence-corrected chi connectivity index (χ4v) is 4.46. The minimum absolute atomic E-state index is 0.285. The van der Waals surface area contributed by atoms with Crippen LogP contribution in [0.4, 0.5) is 0 Å². The zero-order chi connectivity index (χ0) is 22.1. The van der Waals surface area contributed by atoms with Crippen LogP contribution in [0.15, 0.2) is 23.2 Å². The highest BCUT2D eigenvalue weighted by Gasteiger charge is 2.24. The van der Waals surface area contributed by atoms with Gasteiger partial charge in [0, 0.05) is 44.8 Å². The molecule has 31 heavy (non-hydrogen) atoms. The number of morpholine rings is 1. The van der Waals surface area contributed by atoms with Crippen LogP contribution in [0.2, 0.25) is 0 Å². The Labute approximate surface area is 187 Å². The number of nitrogens with zero attached hydrogens (tertiary/aromatic N) is 2. The van der Waals surface area contributed by atoms with E-state index < -0.39 is 0 Å². The van der Waals surface area contributed by atoms with E-state index in [4.69, 9.17) is 14.2 Å². The van der Waals surface area contributed by atoms with Gasteiger partial charge in [-0.15, -0.1) is 0 Å². The largest absolute Gasteiger partial charge is 0.493 e. The smallest absolute Gasteiger partial charge is 0.191 e. The SMILES string of the molecule is CN=C(NCc1cccc(OC)c1OC1CCCC1)NCC(C(C)C)N1CCOCC1. The first-order valence-electron chi connectivity index (χ1n) is 11.7. The normalized spacial score (nSPS) is 19.5. The van der Waals surface area contributed by atoms with Crippen LogP contribution < -0.4 is 20.1 Å². The number of guanidine groups is 1. The molecule has 1 unspecified atom stereocenters. The number of benzene rings is 1. The monoisotopic (exact) mass is 432 g/mol. The molecule has 0 spiro atoms. The quantitative estimate of drug-likeness (QED) is 0.462. The van der Waals surface area contributed by atoms with Crippen molar-refractivity contribution in [3.63, 3.8) is 0 Å². The lowest BCUT2D eigenvalue weighted by Gasteiger charge is -2.37. The van der Waals surface area contributed by atoms with E-state index in [2.05, 4.69) is 40.4 Å². The second kappa shape index (κ2) is 12.2. The molecule has 1 saturated carbocycles. The van der Waals surface area contributed by atoms with Crippen molar-refractivity contribution in [3.8, 4) is 11.5 Å². The highest BCUT2D eigenvalue weighted by molar-refractivity contribution is 5.79. The van der Waals surface area contributed by atoms with E-state index in [-0.39, 0.29) is 6.10 Å². The number of hydrogen-bond acceptors (Lipinski definition) is 5. The van der Waals surface area contributed by atoms with Gasteiger partial charge in [0.05, 0.1) is 26.4 Å². The molecule has 2 fully saturated rings. The van der Waals surface area contributed by atoms with Gasteiger partial charge in [-0.25, -0.2) is 0 Å². The van der Waals surface area contributed by atoms with Crippen LogP contribution in [0.3, 0.4) is 0 Å². The Kier molecular flexibility index (Phi) is 9.28. The highest BCUT2D eigenvalue weighted by atomic mass is 16.5. The summed E-state index contributed by atoms with van der Waals surface area (Å²) < 4.78 is 17.5. The summed E-state index contributed by atoms with van der Waals surface area (Å²) in [6.07, 6.45) is 5.00. The Morgan fingerprint density at radius 3 is 2.58 bits per heavy atom. The topological polar surface area (TPSA) is 67.4 Å². The maximum absolute atomic E-state index is 6.36. The molecule has 174 valence electrons. The molecule has 1 heterocycles. The van der Waals surface area contributed by atoms with Crippen molar-refractivity contribution in [2.75, 3.05) is 47.0 Å². The maximum Gasteiger partial charge on any atom is 0.191 e. The number of methoxy groups -OCH3 is 1. The van der Waals surface area contributed by atoms with E-state index in [9.17, 15) is 0 Å². The highest BCUT2D eigenvalue weighted by Crippen LogP contribution is 2.34. The van der Waals surface area contributed by atoms with Gasteiger partial charge >= 0.3 is 0 Å². The van der Waals surface area contributed by atoms with Gasteiger partial charge in [-0.05, 0) is 37.7 Å². The van der Waals surface area contributed by atoms with E-state index in [1.54, 1.807) is 7.11 Å². The van der Waals surface area contributed by atoms with Gasteiger partial charge in [0.1, 0.15) is 0 Å². The molecule has 2 aliphatic rings. The standard InChI is InChI=1S/C24H40N4O3/c1-18(2)21(28-12-14-30-15-13-28)17-27-24(25-3)26-16-19-8-7-11-22(29-4)23(19)31-20-9-5-6-10-20/h7-8,11,18,20-21H,5-6,9-10,12-17H2,1-4H3,(H2,25,26,27). The average Bonchev–Trinajstić information content (AvgIpc) is 3.30. The maximum atomic E-state index is 6.36. The number of hydrogen-bond donors (Lipinski definition) is 2. The Bertz CT molecular complexity index is 698. The lowest BCUT2D eigenvalue weighted by atomic mass is 10.0. The van der Waals surface area contributed by atoms with Crippen LogP contribution in [-0.4, -0.2) is 70.0 Å². The van der Waals surface area contributed by atoms with Crippen LogP contribution >= 0.6 is 0 Å². The lowest BCUT2D eigenvalue weighted by Crippen LogP contribution is -2.52. The van der Waals surface area contributed by atoms with Gasteiger partial charge in [-0.2, -0.15) is 0 Å². The van der Waals surface area contributed by atoms with Crippen molar-refractivity contribution < 1.29 is 14.2 Å². The van der Waals surface area contributed by atoms with Crippen LogP contribution in [0, 0.1) is 5.92 Å². The van der Waals surface area contributed by atoms with Crippen LogP contribution in [0.5, 0.6) is 11.5 Å². The predicted molar refractivity (Wildman–Crippen MR) is 125 cm³/mol. The summed E-state index contributed by atoms with van der Waals surface area (Å²) in [4.78, 5) is 6.95. The number of aliphatic imine (C=N–C) groups is 1. The zero-order valence-electron chi connectivity index (χ0n) is 19.7. The van der Waals surface area contributed by atoms with Crippen molar-refractivity contribution in [3.05, 3.63) is 23.8 Å². The molecular formula is C24H40N4O3. The van der Waals surface area contributed by atoms with Crippen molar-refractivity contribution in [1.82, 2.24) is 15.5 Å². The van der Waals surface area contributed by atoms with Crippen LogP contribution in [0.25, 0.3) is 0 Å². The van der Waals surface area contributed by atoms with Gasteiger partial charge in [0.25, 0.3) is 0 Å². The molecule has 0 radical (unpaired) electrons. The van der Waals surface area contributed by atoms with Gasteiger partial charge in [-0.3, -0.25) is 9.89 Å². The van der Waals surface area contributed by atoms with E-state index in [1.807, 2.05) is 19.2 Å². The first-order valence-corrected chi connectivity index (χ1v) is 11.7. The molecule has 3 rings (SSSR count). The number of para-hydroxylation sites is 1. The van der Waals surface area contributed by atoms with Crippen LogP contribution in [-0.2, 0) is 11.3 Å². The number of rotatable bonds is 9. The second-order valence-electron chi connectivity index (χ2n) is 8.74. The molecule has 7 heteroatoms. The fraction of sp³-hybridized carbons (Fsp3) is 0.708. The minimum atomic E-state index is 0.285. The Hall–Kier alpha value is -1.99. The van der Waals surface area contributed by atoms with E-state index in [0.717, 1.165) is 68.7 Å². The van der Waals surface area contributed by atoms with Crippen molar-refractivity contribution >= 4 is 5.96 Å². The summed E-state index contributed by atoms with van der Waals surface area (Å²) in [5, 5.41) is 6.98. The van der Waals surface area contributed by atoms with Crippen molar-refractivity contribution in [1.29, 1.82) is 0 Å². The van der Waals surface area contributed by atoms with Gasteiger partial charge in [0.15, 0.2) is 17.5 Å². The molecule has 1 aliphatic heterocycles. The third-order valence-electron chi connectivity index (χ3n) is 6.30. The Balaban J connectivity index is 1.59.